The van der Waals surface area contributed by atoms with Gasteiger partial charge in [-0.05, 0) is 83.9 Å². The molecule has 0 spiro atoms. The molecule has 1 aliphatic rings. The minimum atomic E-state index is 0. The molecule has 4 rings (SSSR count). The largest absolute Gasteiger partial charge is 0.508 e. The summed E-state index contributed by atoms with van der Waals surface area (Å²) in [7, 11) is 0. The van der Waals surface area contributed by atoms with E-state index in [0.29, 0.717) is 5.75 Å². The first-order valence-electron chi connectivity index (χ1n) is 11.4. The third-order valence-corrected chi connectivity index (χ3v) is 6.33. The number of rotatable bonds is 7. The van der Waals surface area contributed by atoms with Crippen molar-refractivity contribution >= 4 is 5.57 Å². The highest BCUT2D eigenvalue weighted by atomic mass is 16.3. The van der Waals surface area contributed by atoms with E-state index in [9.17, 15) is 5.11 Å². The molecule has 0 aliphatic carbocycles. The Morgan fingerprint density at radius 2 is 1.78 bits per heavy atom. The van der Waals surface area contributed by atoms with E-state index >= 15 is 0 Å². The van der Waals surface area contributed by atoms with Crippen LogP contribution >= 0.6 is 0 Å². The maximum Gasteiger partial charge on any atom is 0.116 e. The van der Waals surface area contributed by atoms with Crippen LogP contribution in [-0.2, 0) is 6.54 Å². The van der Waals surface area contributed by atoms with Crippen molar-refractivity contribution in [3.63, 3.8) is 0 Å². The molecule has 0 radical (unpaired) electrons. The van der Waals surface area contributed by atoms with Crippen molar-refractivity contribution in [3.8, 4) is 5.75 Å². The third-order valence-electron chi connectivity index (χ3n) is 6.33. The van der Waals surface area contributed by atoms with Crippen molar-refractivity contribution in [1.82, 2.24) is 9.88 Å². The number of aromatic nitrogens is 1. The van der Waals surface area contributed by atoms with E-state index in [4.69, 9.17) is 0 Å². The number of phenols is 1. The van der Waals surface area contributed by atoms with Crippen molar-refractivity contribution in [3.05, 3.63) is 101 Å². The lowest BCUT2D eigenvalue weighted by Gasteiger charge is -2.40. The molecule has 1 aromatic heterocycles. The van der Waals surface area contributed by atoms with Crippen molar-refractivity contribution in [1.29, 1.82) is 0 Å². The first-order chi connectivity index (χ1) is 15.2. The molecule has 2 heterocycles. The Morgan fingerprint density at radius 3 is 2.50 bits per heavy atom. The van der Waals surface area contributed by atoms with Crippen LogP contribution in [0, 0.1) is 6.92 Å². The van der Waals surface area contributed by atoms with Crippen LogP contribution in [0.4, 0.5) is 0 Å². The fourth-order valence-corrected chi connectivity index (χ4v) is 4.77. The maximum absolute atomic E-state index is 10.2. The zero-order valence-electron chi connectivity index (χ0n) is 18.6. The first kappa shape index (κ1) is 23.7. The Labute approximate surface area is 193 Å². The highest BCUT2D eigenvalue weighted by Gasteiger charge is 2.31. The Balaban J connectivity index is 0.00000289. The van der Waals surface area contributed by atoms with Crippen molar-refractivity contribution < 1.29 is 5.11 Å². The lowest BCUT2D eigenvalue weighted by Crippen LogP contribution is -2.35. The topological polar surface area (TPSA) is 36.4 Å². The van der Waals surface area contributed by atoms with Crippen LogP contribution in [0.15, 0.2) is 78.6 Å². The number of hydrogen-bond donors (Lipinski definition) is 1. The Hall–Kier alpha value is -2.91. The maximum atomic E-state index is 10.2. The van der Waals surface area contributed by atoms with Crippen LogP contribution < -0.4 is 0 Å². The summed E-state index contributed by atoms with van der Waals surface area (Å²) in [6, 6.07) is 21.1. The number of unbranched alkanes of at least 4 members (excludes halogenated alkanes) is 1. The van der Waals surface area contributed by atoms with Gasteiger partial charge in [-0.25, -0.2) is 0 Å². The van der Waals surface area contributed by atoms with E-state index < -0.39 is 0 Å². The van der Waals surface area contributed by atoms with Gasteiger partial charge < -0.3 is 5.11 Å². The molecule has 3 heteroatoms. The van der Waals surface area contributed by atoms with Crippen LogP contribution in [0.5, 0.6) is 5.75 Å². The van der Waals surface area contributed by atoms with Gasteiger partial charge in [0.1, 0.15) is 5.75 Å². The second-order valence-electron chi connectivity index (χ2n) is 8.50. The molecule has 0 bridgehead atoms. The molecular weight excluding hydrogens is 392 g/mol. The third kappa shape index (κ3) is 5.28. The van der Waals surface area contributed by atoms with Crippen LogP contribution in [0.1, 0.15) is 68.3 Å². The van der Waals surface area contributed by atoms with Gasteiger partial charge in [-0.2, -0.15) is 0 Å². The predicted molar refractivity (Wildman–Crippen MR) is 134 cm³/mol. The molecule has 3 aromatic rings. The number of aromatic hydroxyl groups is 1. The highest BCUT2D eigenvalue weighted by molar-refractivity contribution is 5.74. The van der Waals surface area contributed by atoms with E-state index in [-0.39, 0.29) is 13.5 Å². The summed E-state index contributed by atoms with van der Waals surface area (Å²) in [5.41, 5.74) is 7.97. The van der Waals surface area contributed by atoms with Gasteiger partial charge in [-0.1, -0.05) is 57.2 Å². The smallest absolute Gasteiger partial charge is 0.116 e. The van der Waals surface area contributed by atoms with Crippen LogP contribution in [0.3, 0.4) is 0 Å². The summed E-state index contributed by atoms with van der Waals surface area (Å²) >= 11 is 0. The molecule has 168 valence electrons. The van der Waals surface area contributed by atoms with Crippen LogP contribution in [-0.4, -0.2) is 21.5 Å². The Bertz CT molecular complexity index is 1030. The lowest BCUT2D eigenvalue weighted by molar-refractivity contribution is 0.204. The molecule has 1 aliphatic heterocycles. The van der Waals surface area contributed by atoms with Gasteiger partial charge in [-0.15, -0.1) is 0 Å². The number of phenolic OH excluding ortho intramolecular Hbond substituents is 1. The van der Waals surface area contributed by atoms with E-state index in [2.05, 4.69) is 66.2 Å². The van der Waals surface area contributed by atoms with Crippen molar-refractivity contribution in [2.24, 2.45) is 0 Å². The second kappa shape index (κ2) is 11.1. The zero-order valence-corrected chi connectivity index (χ0v) is 18.6. The quantitative estimate of drug-likeness (QED) is 0.428. The first-order valence-corrected chi connectivity index (χ1v) is 11.4. The average molecular weight is 429 g/mol. The number of pyridine rings is 1. The number of benzene rings is 2. The van der Waals surface area contributed by atoms with Gasteiger partial charge in [0.15, 0.2) is 0 Å². The van der Waals surface area contributed by atoms with Gasteiger partial charge in [-0.3, -0.25) is 9.88 Å². The molecule has 3 nitrogen and oxygen atoms in total. The normalized spacial score (nSPS) is 16.6. The molecule has 0 amide bonds. The summed E-state index contributed by atoms with van der Waals surface area (Å²) in [5.74, 6) is 0.343. The predicted octanol–water partition coefficient (Wildman–Crippen LogP) is 7.32. The number of aryl methyl sites for hydroxylation is 1. The summed E-state index contributed by atoms with van der Waals surface area (Å²) in [4.78, 5) is 6.88. The van der Waals surface area contributed by atoms with E-state index in [1.165, 1.54) is 33.4 Å². The van der Waals surface area contributed by atoms with Gasteiger partial charge in [0.2, 0.25) is 0 Å². The molecule has 0 fully saturated rings. The van der Waals surface area contributed by atoms with Gasteiger partial charge >= 0.3 is 0 Å². The minimum absolute atomic E-state index is 0. The SMILES string of the molecule is C.CCCCC1=C(c2cc(O)ccc2C)CCN(Cc2ccccc2)C1c1ccncc1. The molecule has 32 heavy (non-hydrogen) atoms. The van der Waals surface area contributed by atoms with E-state index in [0.717, 1.165) is 38.8 Å². The minimum Gasteiger partial charge on any atom is -0.508 e. The molecule has 2 aromatic carbocycles. The summed E-state index contributed by atoms with van der Waals surface area (Å²) in [6.45, 7) is 6.32. The zero-order chi connectivity index (χ0) is 21.6. The van der Waals surface area contributed by atoms with Crippen molar-refractivity contribution in [2.45, 2.75) is 59.5 Å². The highest BCUT2D eigenvalue weighted by Crippen LogP contribution is 2.43. The van der Waals surface area contributed by atoms with E-state index in [1.807, 2.05) is 24.5 Å². The molecule has 0 saturated heterocycles. The van der Waals surface area contributed by atoms with Gasteiger partial charge in [0, 0.05) is 25.5 Å². The van der Waals surface area contributed by atoms with E-state index in [1.54, 1.807) is 6.07 Å². The molecule has 1 N–H and O–H groups in total. The summed E-state index contributed by atoms with van der Waals surface area (Å²) in [6.07, 6.45) is 8.20. The summed E-state index contributed by atoms with van der Waals surface area (Å²) < 4.78 is 0. The van der Waals surface area contributed by atoms with Crippen LogP contribution in [0.2, 0.25) is 0 Å². The fraction of sp³-hybridized carbons (Fsp3) is 0.345. The van der Waals surface area contributed by atoms with Gasteiger partial charge in [0.05, 0.1) is 6.04 Å². The Morgan fingerprint density at radius 1 is 1.03 bits per heavy atom. The molecule has 0 saturated carbocycles. The molecule has 1 unspecified atom stereocenters. The summed E-state index contributed by atoms with van der Waals surface area (Å²) in [5, 5.41) is 10.2. The lowest BCUT2D eigenvalue weighted by atomic mass is 9.81. The standard InChI is InChI=1S/C28H32N2O.CH4/c1-3-4-10-26-25(27-19-24(31)12-11-21(27)2)15-18-30(20-22-8-6-5-7-9-22)28(26)23-13-16-29-17-14-23;/h5-9,11-14,16-17,19,28,31H,3-4,10,15,18,20H2,1-2H3;1H4. The van der Waals surface area contributed by atoms with Crippen molar-refractivity contribution in [2.75, 3.05) is 6.54 Å². The molecular formula is C29H36N2O. The second-order valence-corrected chi connectivity index (χ2v) is 8.50. The van der Waals surface area contributed by atoms with Gasteiger partial charge in [0.25, 0.3) is 0 Å². The van der Waals surface area contributed by atoms with Crippen LogP contribution in [0.25, 0.3) is 5.57 Å². The average Bonchev–Trinajstić information content (AvgIpc) is 2.80. The number of hydrogen-bond acceptors (Lipinski definition) is 3. The number of nitrogens with zero attached hydrogens (tertiary/aromatic N) is 2. The monoisotopic (exact) mass is 428 g/mol. The molecule has 1 atom stereocenters. The fourth-order valence-electron chi connectivity index (χ4n) is 4.77. The Kier molecular flexibility index (Phi) is 8.24.